The van der Waals surface area contributed by atoms with Crippen molar-refractivity contribution < 1.29 is 9.37 Å². The van der Waals surface area contributed by atoms with Gasteiger partial charge in [-0.3, -0.25) is 4.79 Å². The van der Waals surface area contributed by atoms with Crippen molar-refractivity contribution in [3.05, 3.63) is 107 Å². The van der Waals surface area contributed by atoms with Crippen molar-refractivity contribution in [2.75, 3.05) is 18.0 Å². The number of carbonyl (C=O) groups excluding carboxylic acids is 1. The first-order valence-corrected chi connectivity index (χ1v) is 18.4. The maximum Gasteiger partial charge on any atom is 0.209 e. The summed E-state index contributed by atoms with van der Waals surface area (Å²) in [6.07, 6.45) is 24.5. The number of rotatable bonds is 13. The van der Waals surface area contributed by atoms with Gasteiger partial charge in [-0.25, -0.2) is 0 Å². The van der Waals surface area contributed by atoms with Gasteiger partial charge in [-0.05, 0) is 108 Å². The van der Waals surface area contributed by atoms with Gasteiger partial charge in [0, 0.05) is 60.3 Å². The van der Waals surface area contributed by atoms with Crippen molar-refractivity contribution in [3.8, 4) is 0 Å². The highest BCUT2D eigenvalue weighted by Crippen LogP contribution is 2.48. The fourth-order valence-corrected chi connectivity index (χ4v) is 8.98. The van der Waals surface area contributed by atoms with Crippen molar-refractivity contribution in [3.63, 3.8) is 0 Å². The molecule has 3 nitrogen and oxygen atoms in total. The van der Waals surface area contributed by atoms with E-state index in [2.05, 4.69) is 137 Å². The van der Waals surface area contributed by atoms with Crippen LogP contribution in [0.4, 0.5) is 11.4 Å². The number of ketones is 1. The molecule has 4 aliphatic rings. The summed E-state index contributed by atoms with van der Waals surface area (Å²) < 4.78 is 2.54. The smallest absolute Gasteiger partial charge is 0.209 e. The zero-order valence-electron chi connectivity index (χ0n) is 30.1. The number of allylic oxidation sites excluding steroid dienone is 8. The van der Waals surface area contributed by atoms with Gasteiger partial charge in [0.2, 0.25) is 5.69 Å². The van der Waals surface area contributed by atoms with Crippen molar-refractivity contribution >= 4 is 22.9 Å². The molecule has 0 spiro atoms. The van der Waals surface area contributed by atoms with Crippen molar-refractivity contribution in [1.29, 1.82) is 0 Å². The highest BCUT2D eigenvalue weighted by atomic mass is 16.1. The molecule has 2 aliphatic carbocycles. The molecule has 0 radical (unpaired) electrons. The maximum atomic E-state index is 12.7. The van der Waals surface area contributed by atoms with Crippen molar-refractivity contribution in [2.45, 2.75) is 111 Å². The maximum absolute atomic E-state index is 12.7. The number of benzene rings is 2. The fourth-order valence-electron chi connectivity index (χ4n) is 8.98. The van der Waals surface area contributed by atoms with Gasteiger partial charge >= 0.3 is 0 Å². The van der Waals surface area contributed by atoms with Crippen LogP contribution in [0.15, 0.2) is 84.6 Å². The Morgan fingerprint density at radius 2 is 1.64 bits per heavy atom. The van der Waals surface area contributed by atoms with Crippen LogP contribution >= 0.6 is 0 Å². The van der Waals surface area contributed by atoms with E-state index >= 15 is 0 Å². The van der Waals surface area contributed by atoms with Gasteiger partial charge in [0.25, 0.3) is 0 Å². The van der Waals surface area contributed by atoms with Crippen LogP contribution in [-0.2, 0) is 15.6 Å². The number of carbonyl (C=O) groups is 1. The molecule has 0 aromatic heterocycles. The number of anilines is 1. The normalized spacial score (nSPS) is 24.4. The summed E-state index contributed by atoms with van der Waals surface area (Å²) in [5.41, 5.74) is 10.7. The minimum Gasteiger partial charge on any atom is -0.344 e. The van der Waals surface area contributed by atoms with Crippen LogP contribution in [0.1, 0.15) is 108 Å². The van der Waals surface area contributed by atoms with Crippen LogP contribution in [0.5, 0.6) is 0 Å². The molecule has 2 heterocycles. The molecule has 2 aliphatic heterocycles. The SMILES string of the molecule is CCN1C(=CC=CC=CC2=[N+](CCCCCC(=O)CC[C@@H]3CC4C=CC3C4)c3ccc(C)cc3C2(C)C)C(C)(C)c2cc(C)ccc21. The number of hydrogen-bond donors (Lipinski definition) is 0. The molecule has 47 heavy (non-hydrogen) atoms. The molecule has 0 N–H and O–H groups in total. The molecule has 2 aromatic rings. The lowest BCUT2D eigenvalue weighted by molar-refractivity contribution is -0.438. The topological polar surface area (TPSA) is 23.3 Å². The third-order valence-electron chi connectivity index (χ3n) is 11.7. The second-order valence-corrected chi connectivity index (χ2v) is 15.8. The van der Waals surface area contributed by atoms with Gasteiger partial charge in [0.15, 0.2) is 5.71 Å². The van der Waals surface area contributed by atoms with E-state index in [0.29, 0.717) is 5.78 Å². The van der Waals surface area contributed by atoms with Crippen LogP contribution in [0.3, 0.4) is 0 Å². The number of aryl methyl sites for hydroxylation is 2. The Morgan fingerprint density at radius 3 is 2.36 bits per heavy atom. The standard InChI is InChI=1S/C44H57N2O/c1-8-45-39-24-18-31(2)27-37(39)43(4,5)41(45)16-12-9-13-17-42-44(6,7)38-28-32(3)19-25-40(38)46(42)26-14-10-11-15-36(47)23-22-35-30-33-20-21-34(35)29-33/h9,12-13,16-21,24-25,27-28,33-35H,8,10-11,14-15,22-23,26,29-30H2,1-7H3/q+1/t33?,34?,35-/m1/s1. The molecule has 1 fully saturated rings. The largest absolute Gasteiger partial charge is 0.344 e. The summed E-state index contributed by atoms with van der Waals surface area (Å²) >= 11 is 0. The molecule has 6 rings (SSSR count). The summed E-state index contributed by atoms with van der Waals surface area (Å²) in [5.74, 6) is 2.78. The average molecular weight is 630 g/mol. The lowest BCUT2D eigenvalue weighted by atomic mass is 9.81. The fraction of sp³-hybridized carbons (Fsp3) is 0.500. The lowest BCUT2D eigenvalue weighted by Gasteiger charge is -2.25. The van der Waals surface area contributed by atoms with Crippen molar-refractivity contribution in [1.82, 2.24) is 0 Å². The molecule has 1 saturated carbocycles. The Balaban J connectivity index is 1.10. The average Bonchev–Trinajstić information content (AvgIpc) is 3.76. The van der Waals surface area contributed by atoms with E-state index in [1.807, 2.05) is 0 Å². The Hall–Kier alpha value is -3.46. The van der Waals surface area contributed by atoms with Crippen molar-refractivity contribution in [2.24, 2.45) is 17.8 Å². The second kappa shape index (κ2) is 13.6. The van der Waals surface area contributed by atoms with E-state index in [-0.39, 0.29) is 10.8 Å². The summed E-state index contributed by atoms with van der Waals surface area (Å²) in [4.78, 5) is 15.2. The second-order valence-electron chi connectivity index (χ2n) is 15.8. The van der Waals surface area contributed by atoms with E-state index in [9.17, 15) is 4.79 Å². The Kier molecular flexibility index (Phi) is 9.66. The third kappa shape index (κ3) is 6.65. The first-order chi connectivity index (χ1) is 22.5. The molecule has 0 amide bonds. The minimum absolute atomic E-state index is 0.0260. The van der Waals surface area contributed by atoms with E-state index < -0.39 is 0 Å². The molecule has 3 heteroatoms. The summed E-state index contributed by atoms with van der Waals surface area (Å²) in [6.45, 7) is 18.0. The summed E-state index contributed by atoms with van der Waals surface area (Å²) in [6, 6.07) is 13.8. The minimum atomic E-state index is -0.0685. The number of hydrogen-bond acceptors (Lipinski definition) is 2. The molecular formula is C44H57N2O+. The van der Waals surface area contributed by atoms with Crippen LogP contribution < -0.4 is 4.90 Å². The van der Waals surface area contributed by atoms with Crippen LogP contribution in [0, 0.1) is 31.6 Å². The summed E-state index contributed by atoms with van der Waals surface area (Å²) in [7, 11) is 0. The monoisotopic (exact) mass is 629 g/mol. The first-order valence-electron chi connectivity index (χ1n) is 18.4. The van der Waals surface area contributed by atoms with Crippen LogP contribution in [-0.4, -0.2) is 29.2 Å². The van der Waals surface area contributed by atoms with Gasteiger partial charge in [-0.2, -0.15) is 4.58 Å². The number of unbranched alkanes of at least 4 members (excludes halogenated alkanes) is 2. The predicted molar refractivity (Wildman–Crippen MR) is 199 cm³/mol. The van der Waals surface area contributed by atoms with Gasteiger partial charge < -0.3 is 4.90 Å². The molecular weight excluding hydrogens is 572 g/mol. The quantitative estimate of drug-likeness (QED) is 0.0952. The van der Waals surface area contributed by atoms with E-state index in [4.69, 9.17) is 0 Å². The highest BCUT2D eigenvalue weighted by Gasteiger charge is 2.44. The summed E-state index contributed by atoms with van der Waals surface area (Å²) in [5, 5.41) is 0. The Bertz CT molecular complexity index is 1660. The Labute approximate surface area is 284 Å². The number of Topliss-reactive ketones (excluding diaryl/α,β-unsaturated/α-hetero) is 1. The predicted octanol–water partition coefficient (Wildman–Crippen LogP) is 10.6. The molecule has 2 aromatic carbocycles. The zero-order chi connectivity index (χ0) is 33.3. The van der Waals surface area contributed by atoms with Crippen LogP contribution in [0.2, 0.25) is 0 Å². The third-order valence-corrected chi connectivity index (χ3v) is 11.7. The molecule has 248 valence electrons. The molecule has 0 saturated heterocycles. The number of fused-ring (bicyclic) bond motifs is 4. The molecule has 2 unspecified atom stereocenters. The van der Waals surface area contributed by atoms with Gasteiger partial charge in [0.05, 0.1) is 5.41 Å². The van der Waals surface area contributed by atoms with Gasteiger partial charge in [-0.15, -0.1) is 0 Å². The zero-order valence-corrected chi connectivity index (χ0v) is 30.1. The van der Waals surface area contributed by atoms with E-state index in [1.54, 1.807) is 0 Å². The van der Waals surface area contributed by atoms with Gasteiger partial charge in [-0.1, -0.05) is 73.6 Å². The van der Waals surface area contributed by atoms with E-state index in [1.165, 1.54) is 57.9 Å². The molecule has 2 bridgehead atoms. The lowest BCUT2D eigenvalue weighted by Crippen LogP contribution is -2.28. The number of likely N-dealkylation sites (N-methyl/N-ethyl adjacent to an activating group) is 1. The highest BCUT2D eigenvalue weighted by molar-refractivity contribution is 6.03. The molecule has 3 atom stereocenters. The Morgan fingerprint density at radius 1 is 0.872 bits per heavy atom. The first kappa shape index (κ1) is 33.4. The van der Waals surface area contributed by atoms with Crippen LogP contribution in [0.25, 0.3) is 0 Å². The van der Waals surface area contributed by atoms with Gasteiger partial charge in [0.1, 0.15) is 12.3 Å². The number of nitrogens with zero attached hydrogens (tertiary/aromatic N) is 2. The van der Waals surface area contributed by atoms with E-state index in [0.717, 1.165) is 69.4 Å².